The summed E-state index contributed by atoms with van der Waals surface area (Å²) < 4.78 is 0. The quantitative estimate of drug-likeness (QED) is 0.638. The van der Waals surface area contributed by atoms with Crippen molar-refractivity contribution in [3.05, 3.63) is 33.9 Å². The van der Waals surface area contributed by atoms with Crippen molar-refractivity contribution in [1.29, 1.82) is 0 Å². The smallest absolute Gasteiger partial charge is 0.338 e. The van der Waals surface area contributed by atoms with Gasteiger partial charge in [-0.05, 0) is 31.7 Å². The van der Waals surface area contributed by atoms with Crippen LogP contribution in [0.5, 0.6) is 0 Å². The average Bonchev–Trinajstić information content (AvgIpc) is 2.47. The lowest BCUT2D eigenvalue weighted by atomic mass is 9.84. The van der Waals surface area contributed by atoms with E-state index >= 15 is 0 Å². The van der Waals surface area contributed by atoms with Crippen LogP contribution in [0, 0.1) is 16.0 Å². The monoisotopic (exact) mass is 292 g/mol. The van der Waals surface area contributed by atoms with E-state index in [2.05, 4.69) is 5.32 Å². The Kier molecular flexibility index (Phi) is 4.77. The van der Waals surface area contributed by atoms with E-state index in [1.807, 2.05) is 6.92 Å². The molecule has 2 rings (SSSR count). The van der Waals surface area contributed by atoms with Gasteiger partial charge in [0.2, 0.25) is 0 Å². The zero-order chi connectivity index (χ0) is 15.4. The molecule has 1 fully saturated rings. The van der Waals surface area contributed by atoms with Gasteiger partial charge in [0.1, 0.15) is 5.69 Å². The second kappa shape index (κ2) is 6.56. The summed E-state index contributed by atoms with van der Waals surface area (Å²) in [6.07, 6.45) is 5.72. The fourth-order valence-electron chi connectivity index (χ4n) is 3.00. The lowest BCUT2D eigenvalue weighted by Crippen LogP contribution is -2.28. The number of carbonyl (C=O) groups is 1. The van der Waals surface area contributed by atoms with Gasteiger partial charge in [-0.3, -0.25) is 10.1 Å². The van der Waals surface area contributed by atoms with Gasteiger partial charge < -0.3 is 10.4 Å². The topological polar surface area (TPSA) is 92.5 Å². The number of nitrogens with zero attached hydrogens (tertiary/aromatic N) is 1. The van der Waals surface area contributed by atoms with Gasteiger partial charge in [0.25, 0.3) is 5.69 Å². The highest BCUT2D eigenvalue weighted by atomic mass is 16.6. The second-order valence-corrected chi connectivity index (χ2v) is 5.59. The summed E-state index contributed by atoms with van der Waals surface area (Å²) in [6.45, 7) is 1.97. The molecule has 1 aliphatic rings. The molecule has 1 unspecified atom stereocenters. The molecule has 0 amide bonds. The number of carboxylic acid groups (broad SMARTS) is 1. The van der Waals surface area contributed by atoms with E-state index in [-0.39, 0.29) is 23.0 Å². The third kappa shape index (κ3) is 3.51. The van der Waals surface area contributed by atoms with Crippen molar-refractivity contribution >= 4 is 17.3 Å². The Morgan fingerprint density at radius 2 is 2.05 bits per heavy atom. The Hall–Kier alpha value is -2.11. The van der Waals surface area contributed by atoms with Gasteiger partial charge in [-0.2, -0.15) is 0 Å². The number of anilines is 1. The molecule has 0 bridgehead atoms. The van der Waals surface area contributed by atoms with Crippen LogP contribution in [0.25, 0.3) is 0 Å². The largest absolute Gasteiger partial charge is 0.478 e. The van der Waals surface area contributed by atoms with Crippen LogP contribution < -0.4 is 5.32 Å². The van der Waals surface area contributed by atoms with E-state index < -0.39 is 10.9 Å². The van der Waals surface area contributed by atoms with Crippen LogP contribution >= 0.6 is 0 Å². The highest BCUT2D eigenvalue weighted by Gasteiger charge is 2.26. The predicted molar refractivity (Wildman–Crippen MR) is 79.7 cm³/mol. The molecule has 0 aliphatic heterocycles. The molecule has 21 heavy (non-hydrogen) atoms. The second-order valence-electron chi connectivity index (χ2n) is 5.59. The highest BCUT2D eigenvalue weighted by Crippen LogP contribution is 2.33. The Morgan fingerprint density at radius 1 is 1.38 bits per heavy atom. The fourth-order valence-corrected chi connectivity index (χ4v) is 3.00. The van der Waals surface area contributed by atoms with E-state index in [0.717, 1.165) is 12.8 Å². The van der Waals surface area contributed by atoms with Crippen molar-refractivity contribution in [3.8, 4) is 0 Å². The van der Waals surface area contributed by atoms with Gasteiger partial charge in [-0.15, -0.1) is 0 Å². The van der Waals surface area contributed by atoms with Gasteiger partial charge in [0.05, 0.1) is 10.5 Å². The standard InChI is InChI=1S/C15H20N2O4/c1-10(11-6-3-2-4-7-11)16-14-12(15(18)19)8-5-9-13(14)17(20)21/h5,8-11,16H,2-4,6-7H2,1H3,(H,18,19). The number of nitro benzene ring substituents is 1. The lowest BCUT2D eigenvalue weighted by Gasteiger charge is -2.29. The fraction of sp³-hybridized carbons (Fsp3) is 0.533. The zero-order valence-corrected chi connectivity index (χ0v) is 12.0. The molecule has 0 heterocycles. The number of nitro groups is 1. The van der Waals surface area contributed by atoms with E-state index in [0.29, 0.717) is 5.92 Å². The van der Waals surface area contributed by atoms with E-state index in [4.69, 9.17) is 0 Å². The number of hydrogen-bond acceptors (Lipinski definition) is 4. The molecule has 1 aliphatic carbocycles. The molecule has 1 atom stereocenters. The van der Waals surface area contributed by atoms with Crippen LogP contribution in [0.3, 0.4) is 0 Å². The van der Waals surface area contributed by atoms with Crippen LogP contribution in [0.2, 0.25) is 0 Å². The maximum atomic E-state index is 11.3. The minimum atomic E-state index is -1.16. The molecule has 0 spiro atoms. The molecule has 0 radical (unpaired) electrons. The Morgan fingerprint density at radius 3 is 2.62 bits per heavy atom. The van der Waals surface area contributed by atoms with Crippen LogP contribution in [-0.4, -0.2) is 22.0 Å². The van der Waals surface area contributed by atoms with Crippen molar-refractivity contribution in [2.75, 3.05) is 5.32 Å². The Labute approximate surface area is 123 Å². The lowest BCUT2D eigenvalue weighted by molar-refractivity contribution is -0.384. The first-order chi connectivity index (χ1) is 10.0. The Bertz CT molecular complexity index is 506. The molecule has 0 saturated heterocycles. The van der Waals surface area contributed by atoms with Crippen molar-refractivity contribution < 1.29 is 14.8 Å². The minimum absolute atomic E-state index is 0.0181. The maximum absolute atomic E-state index is 11.3. The number of rotatable bonds is 5. The third-order valence-corrected chi connectivity index (χ3v) is 4.20. The molecule has 1 saturated carbocycles. The summed E-state index contributed by atoms with van der Waals surface area (Å²) in [5, 5.41) is 23.4. The number of hydrogen-bond donors (Lipinski definition) is 2. The Balaban J connectivity index is 2.28. The van der Waals surface area contributed by atoms with Gasteiger partial charge in [0.15, 0.2) is 0 Å². The van der Waals surface area contributed by atoms with E-state index in [1.165, 1.54) is 37.5 Å². The molecular formula is C15H20N2O4. The molecule has 114 valence electrons. The predicted octanol–water partition coefficient (Wildman–Crippen LogP) is 3.67. The summed E-state index contributed by atoms with van der Waals surface area (Å²) in [5.74, 6) is -0.725. The first kappa shape index (κ1) is 15.3. The highest BCUT2D eigenvalue weighted by molar-refractivity contribution is 5.96. The first-order valence-electron chi connectivity index (χ1n) is 7.28. The molecule has 6 heteroatoms. The van der Waals surface area contributed by atoms with Gasteiger partial charge in [-0.25, -0.2) is 4.79 Å². The summed E-state index contributed by atoms with van der Waals surface area (Å²) in [7, 11) is 0. The van der Waals surface area contributed by atoms with Gasteiger partial charge in [-0.1, -0.05) is 25.3 Å². The number of carboxylic acids is 1. The first-order valence-corrected chi connectivity index (χ1v) is 7.28. The number of nitrogens with one attached hydrogen (secondary N) is 1. The van der Waals surface area contributed by atoms with Crippen molar-refractivity contribution in [3.63, 3.8) is 0 Å². The van der Waals surface area contributed by atoms with Crippen molar-refractivity contribution in [1.82, 2.24) is 0 Å². The van der Waals surface area contributed by atoms with Crippen LogP contribution in [0.15, 0.2) is 18.2 Å². The normalized spacial score (nSPS) is 17.2. The summed E-state index contributed by atoms with van der Waals surface area (Å²) in [6, 6.07) is 4.15. The SMILES string of the molecule is CC(Nc1c(C(=O)O)cccc1[N+](=O)[O-])C1CCCCC1. The summed E-state index contributed by atoms with van der Waals surface area (Å²) in [5.41, 5.74) is -0.113. The van der Waals surface area contributed by atoms with Crippen LogP contribution in [-0.2, 0) is 0 Å². The molecule has 0 aromatic heterocycles. The number of para-hydroxylation sites is 1. The van der Waals surface area contributed by atoms with Crippen LogP contribution in [0.1, 0.15) is 49.4 Å². The van der Waals surface area contributed by atoms with Gasteiger partial charge in [0, 0.05) is 12.1 Å². The average molecular weight is 292 g/mol. The van der Waals surface area contributed by atoms with Crippen molar-refractivity contribution in [2.45, 2.75) is 45.1 Å². The van der Waals surface area contributed by atoms with Crippen molar-refractivity contribution in [2.24, 2.45) is 5.92 Å². The number of benzene rings is 1. The van der Waals surface area contributed by atoms with Gasteiger partial charge >= 0.3 is 5.97 Å². The van der Waals surface area contributed by atoms with E-state index in [1.54, 1.807) is 0 Å². The molecule has 2 N–H and O–H groups in total. The molecule has 1 aromatic carbocycles. The summed E-state index contributed by atoms with van der Waals surface area (Å²) >= 11 is 0. The number of aromatic carboxylic acids is 1. The minimum Gasteiger partial charge on any atom is -0.478 e. The maximum Gasteiger partial charge on any atom is 0.338 e. The molecule has 6 nitrogen and oxygen atoms in total. The molecule has 1 aromatic rings. The van der Waals surface area contributed by atoms with Crippen LogP contribution in [0.4, 0.5) is 11.4 Å². The third-order valence-electron chi connectivity index (χ3n) is 4.20. The zero-order valence-electron chi connectivity index (χ0n) is 12.0. The van der Waals surface area contributed by atoms with E-state index in [9.17, 15) is 20.0 Å². The summed E-state index contributed by atoms with van der Waals surface area (Å²) in [4.78, 5) is 21.9. The molecular weight excluding hydrogens is 272 g/mol.